The second-order valence-electron chi connectivity index (χ2n) is 6.78. The molecule has 1 amide bonds. The monoisotopic (exact) mass is 434 g/mol. The smallest absolute Gasteiger partial charge is 0.263 e. The van der Waals surface area contributed by atoms with Crippen molar-refractivity contribution in [1.29, 1.82) is 0 Å². The molecule has 3 rings (SSSR count). The first kappa shape index (κ1) is 21.5. The Labute approximate surface area is 176 Å². The van der Waals surface area contributed by atoms with E-state index in [1.165, 1.54) is 15.4 Å². The summed E-state index contributed by atoms with van der Waals surface area (Å²) in [6, 6.07) is 15.1. The van der Waals surface area contributed by atoms with Gasteiger partial charge < -0.3 is 10.1 Å². The lowest BCUT2D eigenvalue weighted by molar-refractivity contribution is -0.127. The van der Waals surface area contributed by atoms with Crippen molar-refractivity contribution in [3.8, 4) is 5.75 Å². The maximum Gasteiger partial charge on any atom is 0.263 e. The molecule has 2 aromatic rings. The first-order chi connectivity index (χ1) is 13.9. The van der Waals surface area contributed by atoms with Gasteiger partial charge in [0.15, 0.2) is 6.10 Å². The molecule has 2 aromatic carbocycles. The zero-order valence-corrected chi connectivity index (χ0v) is 18.3. The molecule has 0 aromatic heterocycles. The standard InChI is InChI=1S/C21H26N2O4S2/c1-3-29(25,26)23-14-20(27-19-11-7-6-10-18(19)23)21(24)22-12-13-28-15-17-9-5-4-8-16(17)2/h4-11,20H,3,12-15H2,1-2H3,(H,22,24)/t20-/m1/s1. The van der Waals surface area contributed by atoms with Gasteiger partial charge >= 0.3 is 0 Å². The molecule has 29 heavy (non-hydrogen) atoms. The third-order valence-electron chi connectivity index (χ3n) is 4.79. The predicted molar refractivity (Wildman–Crippen MR) is 118 cm³/mol. The summed E-state index contributed by atoms with van der Waals surface area (Å²) >= 11 is 1.74. The Morgan fingerprint density at radius 3 is 2.69 bits per heavy atom. The number of sulfonamides is 1. The van der Waals surface area contributed by atoms with Crippen LogP contribution in [0.25, 0.3) is 0 Å². The van der Waals surface area contributed by atoms with Crippen LogP contribution in [0.1, 0.15) is 18.1 Å². The van der Waals surface area contributed by atoms with Gasteiger partial charge in [-0.3, -0.25) is 9.10 Å². The van der Waals surface area contributed by atoms with Crippen molar-refractivity contribution in [3.05, 3.63) is 59.7 Å². The molecule has 8 heteroatoms. The zero-order valence-electron chi connectivity index (χ0n) is 16.6. The fraction of sp³-hybridized carbons (Fsp3) is 0.381. The Hall–Kier alpha value is -2.19. The second kappa shape index (κ2) is 9.54. The van der Waals surface area contributed by atoms with Gasteiger partial charge in [-0.25, -0.2) is 8.42 Å². The molecule has 0 aliphatic carbocycles. The lowest BCUT2D eigenvalue weighted by Gasteiger charge is -2.34. The molecule has 0 radical (unpaired) electrons. The highest BCUT2D eigenvalue weighted by atomic mass is 32.2. The number of nitrogens with one attached hydrogen (secondary N) is 1. The van der Waals surface area contributed by atoms with Gasteiger partial charge in [0.2, 0.25) is 10.0 Å². The first-order valence-corrected chi connectivity index (χ1v) is 12.3. The quantitative estimate of drug-likeness (QED) is 0.647. The maximum absolute atomic E-state index is 12.6. The number of rotatable bonds is 8. The Kier molecular flexibility index (Phi) is 7.08. The minimum Gasteiger partial charge on any atom is -0.476 e. The van der Waals surface area contributed by atoms with E-state index in [1.54, 1.807) is 43.0 Å². The van der Waals surface area contributed by atoms with Crippen LogP contribution in [0.3, 0.4) is 0 Å². The molecule has 0 unspecified atom stereocenters. The van der Waals surface area contributed by atoms with Crippen LogP contribution < -0.4 is 14.4 Å². The second-order valence-corrected chi connectivity index (χ2v) is 10.1. The molecule has 1 heterocycles. The molecule has 6 nitrogen and oxygen atoms in total. The molecule has 0 bridgehead atoms. The average Bonchev–Trinajstić information content (AvgIpc) is 2.73. The molecular weight excluding hydrogens is 408 g/mol. The van der Waals surface area contributed by atoms with E-state index in [9.17, 15) is 13.2 Å². The largest absolute Gasteiger partial charge is 0.476 e. The van der Waals surface area contributed by atoms with E-state index >= 15 is 0 Å². The van der Waals surface area contributed by atoms with Gasteiger partial charge in [0, 0.05) is 18.1 Å². The number of hydrogen-bond donors (Lipinski definition) is 1. The first-order valence-electron chi connectivity index (χ1n) is 9.58. The van der Waals surface area contributed by atoms with Crippen LogP contribution in [0.15, 0.2) is 48.5 Å². The SMILES string of the molecule is CCS(=O)(=O)N1C[C@H](C(=O)NCCSCc2ccccc2C)Oc2ccccc21. The fourth-order valence-electron chi connectivity index (χ4n) is 3.07. The fourth-order valence-corrected chi connectivity index (χ4v) is 5.13. The molecule has 1 atom stereocenters. The Morgan fingerprint density at radius 1 is 1.21 bits per heavy atom. The molecule has 1 N–H and O–H groups in total. The normalized spacial score (nSPS) is 16.1. The van der Waals surface area contributed by atoms with Crippen LogP contribution in [-0.2, 0) is 20.6 Å². The molecule has 156 valence electrons. The molecule has 0 saturated heterocycles. The maximum atomic E-state index is 12.6. The van der Waals surface area contributed by atoms with Crippen molar-refractivity contribution >= 4 is 33.4 Å². The van der Waals surface area contributed by atoms with E-state index in [1.807, 2.05) is 12.1 Å². The number of benzene rings is 2. The van der Waals surface area contributed by atoms with E-state index in [2.05, 4.69) is 24.4 Å². The van der Waals surface area contributed by atoms with Crippen molar-refractivity contribution in [2.45, 2.75) is 25.7 Å². The van der Waals surface area contributed by atoms with Gasteiger partial charge in [-0.1, -0.05) is 36.4 Å². The molecular formula is C21H26N2O4S2. The van der Waals surface area contributed by atoms with Gasteiger partial charge in [-0.15, -0.1) is 0 Å². The van der Waals surface area contributed by atoms with E-state index in [-0.39, 0.29) is 18.2 Å². The van der Waals surface area contributed by atoms with E-state index in [4.69, 9.17) is 4.74 Å². The number of ether oxygens (including phenoxy) is 1. The van der Waals surface area contributed by atoms with E-state index in [0.29, 0.717) is 18.0 Å². The summed E-state index contributed by atoms with van der Waals surface area (Å²) in [5.41, 5.74) is 3.03. The lowest BCUT2D eigenvalue weighted by Crippen LogP contribution is -2.51. The Balaban J connectivity index is 1.55. The number of carbonyl (C=O) groups is 1. The summed E-state index contributed by atoms with van der Waals surface area (Å²) in [6.07, 6.45) is -0.868. The van der Waals surface area contributed by atoms with Crippen molar-refractivity contribution in [2.24, 2.45) is 0 Å². The van der Waals surface area contributed by atoms with Crippen LogP contribution in [0, 0.1) is 6.92 Å². The summed E-state index contributed by atoms with van der Waals surface area (Å²) in [4.78, 5) is 12.6. The predicted octanol–water partition coefficient (Wildman–Crippen LogP) is 2.96. The minimum atomic E-state index is -3.50. The molecule has 0 saturated carbocycles. The van der Waals surface area contributed by atoms with Gasteiger partial charge in [-0.2, -0.15) is 11.8 Å². The number of carbonyl (C=O) groups excluding carboxylic acids is 1. The third kappa shape index (κ3) is 5.25. The van der Waals surface area contributed by atoms with E-state index in [0.717, 1.165) is 11.5 Å². The molecule has 1 aliphatic rings. The number of aryl methyl sites for hydroxylation is 1. The Morgan fingerprint density at radius 2 is 1.93 bits per heavy atom. The van der Waals surface area contributed by atoms with Crippen molar-refractivity contribution in [2.75, 3.05) is 28.9 Å². The van der Waals surface area contributed by atoms with Gasteiger partial charge in [0.25, 0.3) is 5.91 Å². The van der Waals surface area contributed by atoms with Crippen LogP contribution >= 0.6 is 11.8 Å². The summed E-state index contributed by atoms with van der Waals surface area (Å²) in [6.45, 7) is 4.16. The molecule has 1 aliphatic heterocycles. The molecule has 0 spiro atoms. The number of para-hydroxylation sites is 2. The number of hydrogen-bond acceptors (Lipinski definition) is 5. The van der Waals surface area contributed by atoms with Gasteiger partial charge in [0.05, 0.1) is 18.0 Å². The Bertz CT molecular complexity index is 963. The van der Waals surface area contributed by atoms with Crippen LogP contribution in [0.5, 0.6) is 5.75 Å². The highest BCUT2D eigenvalue weighted by Crippen LogP contribution is 2.35. The average molecular weight is 435 g/mol. The highest BCUT2D eigenvalue weighted by molar-refractivity contribution is 7.98. The van der Waals surface area contributed by atoms with Gasteiger partial charge in [-0.05, 0) is 37.1 Å². The van der Waals surface area contributed by atoms with Gasteiger partial charge in [0.1, 0.15) is 5.75 Å². The van der Waals surface area contributed by atoms with Crippen LogP contribution in [0.2, 0.25) is 0 Å². The topological polar surface area (TPSA) is 75.7 Å². The van der Waals surface area contributed by atoms with E-state index < -0.39 is 16.1 Å². The summed E-state index contributed by atoms with van der Waals surface area (Å²) < 4.78 is 32.0. The van der Waals surface area contributed by atoms with Crippen molar-refractivity contribution < 1.29 is 17.9 Å². The highest BCUT2D eigenvalue weighted by Gasteiger charge is 2.35. The molecule has 0 fully saturated rings. The minimum absolute atomic E-state index is 0.0185. The third-order valence-corrected chi connectivity index (χ3v) is 7.55. The van der Waals surface area contributed by atoms with Crippen LogP contribution in [0.4, 0.5) is 5.69 Å². The van der Waals surface area contributed by atoms with Crippen molar-refractivity contribution in [1.82, 2.24) is 5.32 Å². The zero-order chi connectivity index (χ0) is 20.9. The number of amides is 1. The lowest BCUT2D eigenvalue weighted by atomic mass is 10.1. The number of anilines is 1. The summed E-state index contributed by atoms with van der Waals surface area (Å²) in [7, 11) is -3.50. The van der Waals surface area contributed by atoms with Crippen molar-refractivity contribution in [3.63, 3.8) is 0 Å². The summed E-state index contributed by atoms with van der Waals surface area (Å²) in [5.74, 6) is 1.72. The van der Waals surface area contributed by atoms with Crippen LogP contribution in [-0.4, -0.2) is 45.0 Å². The number of nitrogens with zero attached hydrogens (tertiary/aromatic N) is 1. The number of fused-ring (bicyclic) bond motifs is 1. The summed E-state index contributed by atoms with van der Waals surface area (Å²) in [5, 5.41) is 2.87. The number of thioether (sulfide) groups is 1.